The Hall–Kier alpha value is -1.78. The number of aryl methyl sites for hydroxylation is 2. The molecule has 184 valence electrons. The number of ether oxygens (including phenoxy) is 2. The second-order valence-electron chi connectivity index (χ2n) is 9.24. The van der Waals surface area contributed by atoms with Gasteiger partial charge in [-0.25, -0.2) is 9.13 Å². The molecule has 0 amide bonds. The van der Waals surface area contributed by atoms with E-state index in [0.717, 1.165) is 13.1 Å². The first kappa shape index (κ1) is 27.5. The normalized spacial score (nSPS) is 11.2. The standard InChI is InChI=1S/C29H48N2O2/c1-3-5-7-9-11-13-19-30-21-15-28(16-22-30)25-32-27-33-26-29-17-23-31(24-18-29)20-14-12-10-8-6-4-2/h15-18,21-24H,3-14,19-20,25-27H2,1-2H3/q+2. The molecule has 0 aliphatic rings. The monoisotopic (exact) mass is 456 g/mol. The minimum atomic E-state index is 0.319. The summed E-state index contributed by atoms with van der Waals surface area (Å²) in [6, 6.07) is 8.60. The average molecular weight is 457 g/mol. The molecule has 33 heavy (non-hydrogen) atoms. The summed E-state index contributed by atoms with van der Waals surface area (Å²) < 4.78 is 15.9. The lowest BCUT2D eigenvalue weighted by Crippen LogP contribution is -2.32. The van der Waals surface area contributed by atoms with Gasteiger partial charge in [-0.2, -0.15) is 0 Å². The topological polar surface area (TPSA) is 26.2 Å². The van der Waals surface area contributed by atoms with Gasteiger partial charge in [-0.3, -0.25) is 0 Å². The Kier molecular flexibility index (Phi) is 15.5. The minimum Gasteiger partial charge on any atom is -0.351 e. The molecule has 0 spiro atoms. The highest BCUT2D eigenvalue weighted by Crippen LogP contribution is 2.06. The van der Waals surface area contributed by atoms with Gasteiger partial charge in [-0.15, -0.1) is 0 Å². The number of hydrogen-bond donors (Lipinski definition) is 0. The van der Waals surface area contributed by atoms with Crippen LogP contribution in [0.15, 0.2) is 49.1 Å². The summed E-state index contributed by atoms with van der Waals surface area (Å²) in [5.41, 5.74) is 2.38. The lowest BCUT2D eigenvalue weighted by Gasteiger charge is -2.06. The molecular formula is C29H48N2O2+2. The fourth-order valence-electron chi connectivity index (χ4n) is 3.99. The zero-order valence-electron chi connectivity index (χ0n) is 21.4. The van der Waals surface area contributed by atoms with E-state index in [0.29, 0.717) is 20.0 Å². The van der Waals surface area contributed by atoms with E-state index in [2.05, 4.69) is 72.0 Å². The summed E-state index contributed by atoms with van der Waals surface area (Å²) in [4.78, 5) is 0. The number of pyridine rings is 2. The van der Waals surface area contributed by atoms with Crippen molar-refractivity contribution in [1.82, 2.24) is 0 Å². The van der Waals surface area contributed by atoms with Crippen molar-refractivity contribution in [3.63, 3.8) is 0 Å². The zero-order valence-corrected chi connectivity index (χ0v) is 21.4. The summed E-state index contributed by atoms with van der Waals surface area (Å²) >= 11 is 0. The van der Waals surface area contributed by atoms with Crippen LogP contribution in [0.5, 0.6) is 0 Å². The predicted octanol–water partition coefficient (Wildman–Crippen LogP) is 6.67. The van der Waals surface area contributed by atoms with E-state index in [9.17, 15) is 0 Å². The maximum atomic E-state index is 5.70. The molecule has 0 aliphatic carbocycles. The van der Waals surface area contributed by atoms with Gasteiger partial charge in [0.25, 0.3) is 0 Å². The van der Waals surface area contributed by atoms with Crippen LogP contribution in [-0.4, -0.2) is 6.79 Å². The lowest BCUT2D eigenvalue weighted by molar-refractivity contribution is -0.697. The summed E-state index contributed by atoms with van der Waals surface area (Å²) in [6.07, 6.45) is 24.7. The first-order chi connectivity index (χ1) is 16.3. The molecule has 2 aromatic heterocycles. The number of hydrogen-bond acceptors (Lipinski definition) is 2. The first-order valence-corrected chi connectivity index (χ1v) is 13.4. The molecule has 0 unspecified atom stereocenters. The number of aromatic nitrogens is 2. The second kappa shape index (κ2) is 18.6. The van der Waals surface area contributed by atoms with Gasteiger partial charge in [0.15, 0.2) is 24.8 Å². The Labute approximate surface area is 203 Å². The number of rotatable bonds is 20. The molecule has 2 aromatic rings. The smallest absolute Gasteiger partial charge is 0.169 e. The molecule has 2 rings (SSSR count). The van der Waals surface area contributed by atoms with Crippen molar-refractivity contribution in [2.75, 3.05) is 6.79 Å². The summed E-state index contributed by atoms with van der Waals surface area (Å²) in [5, 5.41) is 0. The van der Waals surface area contributed by atoms with E-state index in [-0.39, 0.29) is 0 Å². The Morgan fingerprint density at radius 3 is 1.27 bits per heavy atom. The van der Waals surface area contributed by atoms with E-state index >= 15 is 0 Å². The molecule has 0 atom stereocenters. The summed E-state index contributed by atoms with van der Waals surface area (Å²) in [7, 11) is 0. The molecule has 0 aromatic carbocycles. The van der Waals surface area contributed by atoms with Crippen LogP contribution in [0.2, 0.25) is 0 Å². The van der Waals surface area contributed by atoms with Gasteiger partial charge in [-0.1, -0.05) is 65.2 Å². The molecule has 4 heteroatoms. The van der Waals surface area contributed by atoms with Crippen LogP contribution in [0.3, 0.4) is 0 Å². The quantitative estimate of drug-likeness (QED) is 0.126. The summed E-state index contributed by atoms with van der Waals surface area (Å²) in [6.45, 7) is 8.23. The van der Waals surface area contributed by atoms with E-state index in [1.54, 1.807) is 0 Å². The van der Waals surface area contributed by atoms with E-state index in [1.807, 2.05) is 0 Å². The van der Waals surface area contributed by atoms with Gasteiger partial charge >= 0.3 is 0 Å². The average Bonchev–Trinajstić information content (AvgIpc) is 2.85. The maximum Gasteiger partial charge on any atom is 0.169 e. The van der Waals surface area contributed by atoms with Crippen LogP contribution in [-0.2, 0) is 35.8 Å². The third-order valence-corrected chi connectivity index (χ3v) is 6.16. The Balaban J connectivity index is 1.51. The SMILES string of the molecule is CCCCCCCC[n+]1ccc(COCOCc2cc[n+](CCCCCCCC)cc2)cc1. The van der Waals surface area contributed by atoms with Crippen molar-refractivity contribution in [2.45, 2.75) is 117 Å². The molecule has 0 bridgehead atoms. The third-order valence-electron chi connectivity index (χ3n) is 6.16. The summed E-state index contributed by atoms with van der Waals surface area (Å²) in [5.74, 6) is 0. The van der Waals surface area contributed by atoms with Crippen molar-refractivity contribution >= 4 is 0 Å². The fourth-order valence-corrected chi connectivity index (χ4v) is 3.99. The van der Waals surface area contributed by atoms with Crippen molar-refractivity contribution in [2.24, 2.45) is 0 Å². The molecule has 0 aliphatic heterocycles. The van der Waals surface area contributed by atoms with Crippen molar-refractivity contribution < 1.29 is 18.6 Å². The van der Waals surface area contributed by atoms with Gasteiger partial charge in [0.05, 0.1) is 13.2 Å². The number of unbranched alkanes of at least 4 members (excludes halogenated alkanes) is 10. The Bertz CT molecular complexity index is 639. The van der Waals surface area contributed by atoms with Crippen LogP contribution in [0.1, 0.15) is 102 Å². The van der Waals surface area contributed by atoms with Crippen molar-refractivity contribution in [3.8, 4) is 0 Å². The molecule has 0 fully saturated rings. The van der Waals surface area contributed by atoms with Crippen LogP contribution in [0.25, 0.3) is 0 Å². The number of nitrogens with zero attached hydrogens (tertiary/aromatic N) is 2. The lowest BCUT2D eigenvalue weighted by atomic mass is 10.1. The highest BCUT2D eigenvalue weighted by molar-refractivity contribution is 5.06. The van der Waals surface area contributed by atoms with Gasteiger partial charge in [0, 0.05) is 37.1 Å². The third kappa shape index (κ3) is 13.5. The molecule has 4 nitrogen and oxygen atoms in total. The van der Waals surface area contributed by atoms with E-state index in [4.69, 9.17) is 9.47 Å². The van der Waals surface area contributed by atoms with Crippen molar-refractivity contribution in [1.29, 1.82) is 0 Å². The van der Waals surface area contributed by atoms with Crippen LogP contribution in [0, 0.1) is 0 Å². The van der Waals surface area contributed by atoms with Crippen LogP contribution < -0.4 is 9.13 Å². The van der Waals surface area contributed by atoms with Crippen molar-refractivity contribution in [3.05, 3.63) is 60.2 Å². The second-order valence-corrected chi connectivity index (χ2v) is 9.24. The highest BCUT2D eigenvalue weighted by atomic mass is 16.7. The van der Waals surface area contributed by atoms with Gasteiger partial charge in [0.2, 0.25) is 0 Å². The fraction of sp³-hybridized carbons (Fsp3) is 0.655. The molecule has 0 N–H and O–H groups in total. The molecule has 0 saturated heterocycles. The minimum absolute atomic E-state index is 0.319. The van der Waals surface area contributed by atoms with Gasteiger partial charge < -0.3 is 9.47 Å². The molecule has 2 heterocycles. The molecule has 0 saturated carbocycles. The van der Waals surface area contributed by atoms with Gasteiger partial charge in [0.1, 0.15) is 19.9 Å². The molecule has 0 radical (unpaired) electrons. The Morgan fingerprint density at radius 1 is 0.515 bits per heavy atom. The van der Waals surface area contributed by atoms with Gasteiger partial charge in [-0.05, 0) is 24.0 Å². The van der Waals surface area contributed by atoms with E-state index in [1.165, 1.54) is 88.2 Å². The molecular weight excluding hydrogens is 408 g/mol. The van der Waals surface area contributed by atoms with Crippen LogP contribution in [0.4, 0.5) is 0 Å². The largest absolute Gasteiger partial charge is 0.351 e. The Morgan fingerprint density at radius 2 is 0.879 bits per heavy atom. The van der Waals surface area contributed by atoms with Crippen LogP contribution >= 0.6 is 0 Å². The van der Waals surface area contributed by atoms with E-state index < -0.39 is 0 Å². The maximum absolute atomic E-state index is 5.70. The first-order valence-electron chi connectivity index (χ1n) is 13.4. The predicted molar refractivity (Wildman–Crippen MR) is 134 cm³/mol. The zero-order chi connectivity index (χ0) is 23.4. The highest BCUT2D eigenvalue weighted by Gasteiger charge is 2.03.